The summed E-state index contributed by atoms with van der Waals surface area (Å²) < 4.78 is 4.97. The standard InChI is InChI=1S/C9H13N3O/c10-9-7-5-12(6-1-2-6)4-3-8(7)11-13-9/h6H,1-5,10H2. The van der Waals surface area contributed by atoms with Crippen LogP contribution < -0.4 is 5.73 Å². The third kappa shape index (κ3) is 1.13. The fourth-order valence-electron chi connectivity index (χ4n) is 2.01. The monoisotopic (exact) mass is 179 g/mol. The minimum absolute atomic E-state index is 0.514. The molecular formula is C9H13N3O. The summed E-state index contributed by atoms with van der Waals surface area (Å²) in [5.41, 5.74) is 7.88. The van der Waals surface area contributed by atoms with Gasteiger partial charge in [0.25, 0.3) is 0 Å². The van der Waals surface area contributed by atoms with Crippen LogP contribution in [0.4, 0.5) is 5.88 Å². The maximum atomic E-state index is 5.69. The van der Waals surface area contributed by atoms with Gasteiger partial charge in [-0.2, -0.15) is 0 Å². The average Bonchev–Trinajstić information content (AvgIpc) is 2.93. The topological polar surface area (TPSA) is 55.3 Å². The summed E-state index contributed by atoms with van der Waals surface area (Å²) in [6, 6.07) is 0.808. The molecule has 70 valence electrons. The zero-order chi connectivity index (χ0) is 8.84. The lowest BCUT2D eigenvalue weighted by Crippen LogP contribution is -2.32. The SMILES string of the molecule is Nc1onc2c1CN(C1CC1)CC2. The Balaban J connectivity index is 1.88. The summed E-state index contributed by atoms with van der Waals surface area (Å²) in [6.07, 6.45) is 3.69. The Hall–Kier alpha value is -1.03. The zero-order valence-corrected chi connectivity index (χ0v) is 7.49. The van der Waals surface area contributed by atoms with Crippen LogP contribution in [0.25, 0.3) is 0 Å². The molecule has 1 aromatic heterocycles. The molecule has 4 nitrogen and oxygen atoms in total. The van der Waals surface area contributed by atoms with E-state index in [4.69, 9.17) is 10.3 Å². The highest BCUT2D eigenvalue weighted by molar-refractivity contribution is 5.40. The van der Waals surface area contributed by atoms with Gasteiger partial charge in [0.1, 0.15) is 0 Å². The molecule has 1 saturated carbocycles. The number of hydrogen-bond acceptors (Lipinski definition) is 4. The van der Waals surface area contributed by atoms with Crippen LogP contribution in [0.3, 0.4) is 0 Å². The van der Waals surface area contributed by atoms with E-state index in [2.05, 4.69) is 10.1 Å². The van der Waals surface area contributed by atoms with Crippen molar-refractivity contribution in [2.24, 2.45) is 0 Å². The molecule has 1 aromatic rings. The minimum atomic E-state index is 0.514. The second kappa shape index (κ2) is 2.48. The van der Waals surface area contributed by atoms with Crippen LogP contribution in [0.5, 0.6) is 0 Å². The molecule has 0 saturated heterocycles. The number of aromatic nitrogens is 1. The molecule has 1 aliphatic carbocycles. The minimum Gasteiger partial charge on any atom is -0.367 e. The van der Waals surface area contributed by atoms with E-state index in [1.165, 1.54) is 12.8 Å². The first-order chi connectivity index (χ1) is 6.34. The summed E-state index contributed by atoms with van der Waals surface area (Å²) in [6.45, 7) is 2.05. The lowest BCUT2D eigenvalue weighted by molar-refractivity contribution is 0.243. The molecule has 0 atom stereocenters. The van der Waals surface area contributed by atoms with Gasteiger partial charge in [-0.05, 0) is 12.8 Å². The van der Waals surface area contributed by atoms with Crippen LogP contribution in [0.15, 0.2) is 4.52 Å². The summed E-state index contributed by atoms with van der Waals surface area (Å²) in [5, 5.41) is 3.94. The predicted molar refractivity (Wildman–Crippen MR) is 48.1 cm³/mol. The number of hydrogen-bond donors (Lipinski definition) is 1. The van der Waals surface area contributed by atoms with Gasteiger partial charge in [-0.25, -0.2) is 0 Å². The number of nitrogens with two attached hydrogens (primary N) is 1. The Bertz CT molecular complexity index is 330. The molecule has 2 aliphatic rings. The van der Waals surface area contributed by atoms with Gasteiger partial charge in [-0.15, -0.1) is 0 Å². The van der Waals surface area contributed by atoms with Crippen molar-refractivity contribution in [3.05, 3.63) is 11.3 Å². The molecule has 0 aromatic carbocycles. The van der Waals surface area contributed by atoms with E-state index in [0.29, 0.717) is 5.88 Å². The number of nitrogen functional groups attached to an aromatic ring is 1. The van der Waals surface area contributed by atoms with Crippen molar-refractivity contribution >= 4 is 5.88 Å². The zero-order valence-electron chi connectivity index (χ0n) is 7.49. The molecule has 4 heteroatoms. The lowest BCUT2D eigenvalue weighted by atomic mass is 10.1. The van der Waals surface area contributed by atoms with E-state index in [1.807, 2.05) is 0 Å². The van der Waals surface area contributed by atoms with Crippen molar-refractivity contribution in [3.8, 4) is 0 Å². The Morgan fingerprint density at radius 3 is 3.08 bits per heavy atom. The van der Waals surface area contributed by atoms with Gasteiger partial charge in [0, 0.05) is 25.6 Å². The smallest absolute Gasteiger partial charge is 0.226 e. The van der Waals surface area contributed by atoms with Crippen molar-refractivity contribution in [3.63, 3.8) is 0 Å². The number of anilines is 1. The summed E-state index contributed by atoms with van der Waals surface area (Å²) in [4.78, 5) is 2.48. The van der Waals surface area contributed by atoms with E-state index >= 15 is 0 Å². The molecule has 0 amide bonds. The Labute approximate surface area is 76.7 Å². The molecule has 0 unspecified atom stereocenters. The van der Waals surface area contributed by atoms with Gasteiger partial charge in [-0.3, -0.25) is 4.90 Å². The van der Waals surface area contributed by atoms with Crippen molar-refractivity contribution in [2.75, 3.05) is 12.3 Å². The Morgan fingerprint density at radius 1 is 1.46 bits per heavy atom. The number of nitrogens with zero attached hydrogens (tertiary/aromatic N) is 2. The van der Waals surface area contributed by atoms with Crippen LogP contribution >= 0.6 is 0 Å². The third-order valence-corrected chi connectivity index (χ3v) is 2.96. The first kappa shape index (κ1) is 7.38. The van der Waals surface area contributed by atoms with E-state index in [0.717, 1.165) is 36.8 Å². The fraction of sp³-hybridized carbons (Fsp3) is 0.667. The number of rotatable bonds is 1. The highest BCUT2D eigenvalue weighted by Gasteiger charge is 2.33. The van der Waals surface area contributed by atoms with E-state index in [9.17, 15) is 0 Å². The summed E-state index contributed by atoms with van der Waals surface area (Å²) in [5.74, 6) is 0.514. The molecule has 3 rings (SSSR count). The molecule has 1 fully saturated rings. The van der Waals surface area contributed by atoms with Crippen LogP contribution in [0.1, 0.15) is 24.1 Å². The van der Waals surface area contributed by atoms with Gasteiger partial charge < -0.3 is 10.3 Å². The predicted octanol–water partition coefficient (Wildman–Crippen LogP) is 0.777. The van der Waals surface area contributed by atoms with Crippen molar-refractivity contribution in [2.45, 2.75) is 31.8 Å². The molecule has 0 spiro atoms. The third-order valence-electron chi connectivity index (χ3n) is 2.96. The molecular weight excluding hydrogens is 166 g/mol. The van der Waals surface area contributed by atoms with Crippen LogP contribution in [-0.2, 0) is 13.0 Å². The van der Waals surface area contributed by atoms with Gasteiger partial charge in [0.2, 0.25) is 5.88 Å². The molecule has 2 N–H and O–H groups in total. The average molecular weight is 179 g/mol. The van der Waals surface area contributed by atoms with E-state index in [-0.39, 0.29) is 0 Å². The Morgan fingerprint density at radius 2 is 2.31 bits per heavy atom. The van der Waals surface area contributed by atoms with Crippen molar-refractivity contribution in [1.29, 1.82) is 0 Å². The van der Waals surface area contributed by atoms with Crippen molar-refractivity contribution in [1.82, 2.24) is 10.1 Å². The Kier molecular flexibility index (Phi) is 1.41. The van der Waals surface area contributed by atoms with Gasteiger partial charge >= 0.3 is 0 Å². The highest BCUT2D eigenvalue weighted by atomic mass is 16.5. The molecule has 0 bridgehead atoms. The molecule has 13 heavy (non-hydrogen) atoms. The lowest BCUT2D eigenvalue weighted by Gasteiger charge is -2.25. The second-order valence-corrected chi connectivity index (χ2v) is 3.92. The quantitative estimate of drug-likeness (QED) is 0.692. The molecule has 0 radical (unpaired) electrons. The van der Waals surface area contributed by atoms with Crippen LogP contribution in [-0.4, -0.2) is 22.6 Å². The number of fused-ring (bicyclic) bond motifs is 1. The molecule has 2 heterocycles. The first-order valence-electron chi connectivity index (χ1n) is 4.81. The van der Waals surface area contributed by atoms with E-state index < -0.39 is 0 Å². The maximum Gasteiger partial charge on any atom is 0.226 e. The largest absolute Gasteiger partial charge is 0.367 e. The van der Waals surface area contributed by atoms with Crippen LogP contribution in [0.2, 0.25) is 0 Å². The highest BCUT2D eigenvalue weighted by Crippen LogP contribution is 2.32. The molecule has 1 aliphatic heterocycles. The maximum absolute atomic E-state index is 5.69. The second-order valence-electron chi connectivity index (χ2n) is 3.92. The van der Waals surface area contributed by atoms with Crippen molar-refractivity contribution < 1.29 is 4.52 Å². The van der Waals surface area contributed by atoms with Gasteiger partial charge in [-0.1, -0.05) is 5.16 Å². The summed E-state index contributed by atoms with van der Waals surface area (Å²) >= 11 is 0. The fourth-order valence-corrected chi connectivity index (χ4v) is 2.01. The normalized spacial score (nSPS) is 23.1. The first-order valence-corrected chi connectivity index (χ1v) is 4.81. The van der Waals surface area contributed by atoms with E-state index in [1.54, 1.807) is 0 Å². The summed E-state index contributed by atoms with van der Waals surface area (Å²) in [7, 11) is 0. The van der Waals surface area contributed by atoms with Gasteiger partial charge in [0.15, 0.2) is 0 Å². The van der Waals surface area contributed by atoms with Gasteiger partial charge in [0.05, 0.1) is 11.3 Å². The van der Waals surface area contributed by atoms with Crippen LogP contribution in [0, 0.1) is 0 Å².